The number of H-pyrrole nitrogens is 1. The second-order valence-electron chi connectivity index (χ2n) is 8.83. The van der Waals surface area contributed by atoms with Gasteiger partial charge in [-0.05, 0) is 48.6 Å². The first-order chi connectivity index (χ1) is 16.4. The molecule has 0 aliphatic heterocycles. The fourth-order valence-corrected chi connectivity index (χ4v) is 4.16. The zero-order valence-corrected chi connectivity index (χ0v) is 19.6. The maximum absolute atomic E-state index is 13.1. The molecular formula is C25H30N6O3. The predicted octanol–water partition coefficient (Wildman–Crippen LogP) is 2.84. The van der Waals surface area contributed by atoms with Crippen molar-refractivity contribution in [2.24, 2.45) is 5.92 Å². The first-order valence-electron chi connectivity index (χ1n) is 11.5. The number of aryl methyl sites for hydroxylation is 1. The van der Waals surface area contributed by atoms with Crippen molar-refractivity contribution in [2.75, 3.05) is 6.61 Å². The van der Waals surface area contributed by atoms with Crippen LogP contribution in [0.15, 0.2) is 42.7 Å². The molecule has 34 heavy (non-hydrogen) atoms. The van der Waals surface area contributed by atoms with Crippen molar-refractivity contribution in [1.29, 1.82) is 0 Å². The third kappa shape index (κ3) is 4.79. The number of amides is 2. The van der Waals surface area contributed by atoms with Crippen LogP contribution in [0.5, 0.6) is 0 Å². The number of carbonyl (C=O) groups excluding carboxylic acids is 2. The highest BCUT2D eigenvalue weighted by Gasteiger charge is 2.24. The predicted molar refractivity (Wildman–Crippen MR) is 130 cm³/mol. The monoisotopic (exact) mass is 462 g/mol. The molecule has 1 aromatic carbocycles. The van der Waals surface area contributed by atoms with Crippen LogP contribution in [0.2, 0.25) is 0 Å². The van der Waals surface area contributed by atoms with Gasteiger partial charge in [0.2, 0.25) is 0 Å². The molecule has 0 aliphatic carbocycles. The van der Waals surface area contributed by atoms with E-state index in [0.717, 1.165) is 16.5 Å². The van der Waals surface area contributed by atoms with Crippen LogP contribution < -0.4 is 10.6 Å². The molecule has 178 valence electrons. The van der Waals surface area contributed by atoms with Crippen molar-refractivity contribution in [3.63, 3.8) is 0 Å². The van der Waals surface area contributed by atoms with Crippen molar-refractivity contribution < 1.29 is 14.7 Å². The fraction of sp³-hybridized carbons (Fsp3) is 0.360. The van der Waals surface area contributed by atoms with Crippen molar-refractivity contribution in [2.45, 2.75) is 46.2 Å². The van der Waals surface area contributed by atoms with E-state index in [4.69, 9.17) is 0 Å². The molecule has 0 saturated carbocycles. The van der Waals surface area contributed by atoms with Crippen molar-refractivity contribution in [3.05, 3.63) is 65.2 Å². The number of hydrogen-bond donors (Lipinski definition) is 4. The molecule has 9 nitrogen and oxygen atoms in total. The molecule has 4 aromatic rings. The molecule has 3 aromatic heterocycles. The molecule has 3 heterocycles. The number of nitrogens with one attached hydrogen (secondary N) is 3. The minimum atomic E-state index is -0.346. The zero-order chi connectivity index (χ0) is 24.2. The Balaban J connectivity index is 1.58. The number of aliphatic hydroxyl groups excluding tert-OH is 1. The largest absolute Gasteiger partial charge is 0.394 e. The lowest BCUT2D eigenvalue weighted by molar-refractivity contribution is 0.0899. The van der Waals surface area contributed by atoms with Gasteiger partial charge in [0, 0.05) is 18.1 Å². The number of aromatic amines is 1. The van der Waals surface area contributed by atoms with E-state index in [1.165, 1.54) is 0 Å². The second-order valence-corrected chi connectivity index (χ2v) is 8.83. The Morgan fingerprint density at radius 3 is 2.76 bits per heavy atom. The summed E-state index contributed by atoms with van der Waals surface area (Å²) in [5, 5.41) is 23.5. The molecule has 0 bridgehead atoms. The summed E-state index contributed by atoms with van der Waals surface area (Å²) in [5.41, 5.74) is 3.70. The molecule has 1 atom stereocenters. The van der Waals surface area contributed by atoms with Gasteiger partial charge in [-0.1, -0.05) is 26.8 Å². The summed E-state index contributed by atoms with van der Waals surface area (Å²) >= 11 is 0. The Bertz CT molecular complexity index is 1320. The molecular weight excluding hydrogens is 432 g/mol. The third-order valence-electron chi connectivity index (χ3n) is 5.79. The van der Waals surface area contributed by atoms with E-state index in [1.807, 2.05) is 39.0 Å². The summed E-state index contributed by atoms with van der Waals surface area (Å²) in [6.45, 7) is 6.21. The average Bonchev–Trinajstić information content (AvgIpc) is 3.45. The molecule has 9 heteroatoms. The zero-order valence-electron chi connectivity index (χ0n) is 19.6. The van der Waals surface area contributed by atoms with Crippen LogP contribution in [-0.2, 0) is 13.0 Å². The Morgan fingerprint density at radius 2 is 2.03 bits per heavy atom. The van der Waals surface area contributed by atoms with Gasteiger partial charge in [-0.3, -0.25) is 19.1 Å². The highest BCUT2D eigenvalue weighted by Crippen LogP contribution is 2.19. The van der Waals surface area contributed by atoms with E-state index < -0.39 is 0 Å². The van der Waals surface area contributed by atoms with Crippen molar-refractivity contribution in [3.8, 4) is 0 Å². The summed E-state index contributed by atoms with van der Waals surface area (Å²) in [7, 11) is 0. The SMILES string of the molecule is CCc1nc2c(C(=O)NCc3ccc4[nH]ncc4c3)cccn2c1C(=O)N[C@H](CO)CC(C)C. The topological polar surface area (TPSA) is 124 Å². The van der Waals surface area contributed by atoms with Crippen LogP contribution in [0, 0.1) is 5.92 Å². The number of aliphatic hydroxyl groups is 1. The highest BCUT2D eigenvalue weighted by atomic mass is 16.3. The summed E-state index contributed by atoms with van der Waals surface area (Å²) < 4.78 is 1.66. The number of hydrogen-bond acceptors (Lipinski definition) is 5. The summed E-state index contributed by atoms with van der Waals surface area (Å²) in [4.78, 5) is 30.8. The van der Waals surface area contributed by atoms with Crippen molar-refractivity contribution in [1.82, 2.24) is 30.2 Å². The molecule has 0 radical (unpaired) electrons. The van der Waals surface area contributed by atoms with E-state index in [0.29, 0.717) is 47.9 Å². The van der Waals surface area contributed by atoms with Gasteiger partial charge in [0.05, 0.1) is 35.6 Å². The van der Waals surface area contributed by atoms with E-state index in [1.54, 1.807) is 28.9 Å². The number of imidazole rings is 1. The number of benzene rings is 1. The van der Waals surface area contributed by atoms with Gasteiger partial charge < -0.3 is 15.7 Å². The van der Waals surface area contributed by atoms with Gasteiger partial charge in [-0.15, -0.1) is 0 Å². The lowest BCUT2D eigenvalue weighted by Gasteiger charge is -2.18. The van der Waals surface area contributed by atoms with Gasteiger partial charge in [-0.2, -0.15) is 5.10 Å². The highest BCUT2D eigenvalue weighted by molar-refractivity contribution is 6.02. The summed E-state index contributed by atoms with van der Waals surface area (Å²) in [6.07, 6.45) is 4.67. The number of pyridine rings is 1. The lowest BCUT2D eigenvalue weighted by atomic mass is 10.0. The molecule has 0 fully saturated rings. The first-order valence-corrected chi connectivity index (χ1v) is 11.5. The van der Waals surface area contributed by atoms with Crippen LogP contribution in [0.3, 0.4) is 0 Å². The fourth-order valence-electron chi connectivity index (χ4n) is 4.16. The third-order valence-corrected chi connectivity index (χ3v) is 5.79. The number of rotatable bonds is 9. The van der Waals surface area contributed by atoms with Gasteiger partial charge in [-0.25, -0.2) is 4.98 Å². The maximum Gasteiger partial charge on any atom is 0.270 e. The minimum absolute atomic E-state index is 0.139. The standard InChI is InChI=1S/C25H30N6O3/c1-4-20-22(25(34)28-18(14-32)10-15(2)3)31-9-5-6-19(23(31)29-20)24(33)26-12-16-7-8-21-17(11-16)13-27-30-21/h5-9,11,13,15,18,32H,4,10,12,14H2,1-3H3,(H,26,33)(H,27,30)(H,28,34)/t18-/m0/s1. The number of aromatic nitrogens is 4. The number of carbonyl (C=O) groups is 2. The van der Waals surface area contributed by atoms with Gasteiger partial charge in [0.1, 0.15) is 5.69 Å². The van der Waals surface area contributed by atoms with Gasteiger partial charge in [0.25, 0.3) is 11.8 Å². The lowest BCUT2D eigenvalue weighted by Crippen LogP contribution is -2.39. The molecule has 0 saturated heterocycles. The first kappa shape index (κ1) is 23.4. The molecule has 4 N–H and O–H groups in total. The Morgan fingerprint density at radius 1 is 1.21 bits per heavy atom. The van der Waals surface area contributed by atoms with Crippen molar-refractivity contribution >= 4 is 28.4 Å². The Labute approximate surface area is 197 Å². The van der Waals surface area contributed by atoms with Gasteiger partial charge in [0.15, 0.2) is 5.65 Å². The van der Waals surface area contributed by atoms with E-state index >= 15 is 0 Å². The normalized spacial score (nSPS) is 12.4. The van der Waals surface area contributed by atoms with Gasteiger partial charge >= 0.3 is 0 Å². The second kappa shape index (κ2) is 10.0. The average molecular weight is 463 g/mol. The molecule has 0 spiro atoms. The summed E-state index contributed by atoms with van der Waals surface area (Å²) in [5.74, 6) is -0.254. The van der Waals surface area contributed by atoms with E-state index in [-0.39, 0.29) is 24.5 Å². The smallest absolute Gasteiger partial charge is 0.270 e. The van der Waals surface area contributed by atoms with Crippen LogP contribution >= 0.6 is 0 Å². The molecule has 2 amide bonds. The maximum atomic E-state index is 13.1. The Kier molecular flexibility index (Phi) is 6.93. The van der Waals surface area contributed by atoms with Crippen LogP contribution in [0.1, 0.15) is 59.3 Å². The van der Waals surface area contributed by atoms with Crippen LogP contribution in [0.25, 0.3) is 16.6 Å². The Hall–Kier alpha value is -3.72. The molecule has 4 rings (SSSR count). The molecule has 0 unspecified atom stereocenters. The quantitative estimate of drug-likeness (QED) is 0.304. The minimum Gasteiger partial charge on any atom is -0.394 e. The molecule has 0 aliphatic rings. The number of nitrogens with zero attached hydrogens (tertiary/aromatic N) is 3. The van der Waals surface area contributed by atoms with E-state index in [9.17, 15) is 14.7 Å². The van der Waals surface area contributed by atoms with Crippen LogP contribution in [0.4, 0.5) is 0 Å². The number of fused-ring (bicyclic) bond motifs is 2. The van der Waals surface area contributed by atoms with Crippen LogP contribution in [-0.4, -0.2) is 49.2 Å². The summed E-state index contributed by atoms with van der Waals surface area (Å²) in [6, 6.07) is 8.92. The van der Waals surface area contributed by atoms with E-state index in [2.05, 4.69) is 25.8 Å².